The van der Waals surface area contributed by atoms with E-state index in [9.17, 15) is 0 Å². The van der Waals surface area contributed by atoms with Gasteiger partial charge in [0.15, 0.2) is 0 Å². The highest BCUT2D eigenvalue weighted by Crippen LogP contribution is 2.31. The van der Waals surface area contributed by atoms with Crippen LogP contribution in [0.4, 0.5) is 0 Å². The van der Waals surface area contributed by atoms with Crippen LogP contribution in [0.3, 0.4) is 0 Å². The third kappa shape index (κ3) is 3.85. The van der Waals surface area contributed by atoms with Crippen molar-refractivity contribution in [3.05, 3.63) is 33.8 Å². The number of halogens is 2. The topological polar surface area (TPSA) is 15.3 Å². The molecule has 0 spiro atoms. The number of hydrogen-bond acceptors (Lipinski definition) is 2. The Labute approximate surface area is 126 Å². The van der Waals surface area contributed by atoms with Crippen molar-refractivity contribution >= 4 is 23.2 Å². The van der Waals surface area contributed by atoms with Gasteiger partial charge in [0.05, 0.1) is 0 Å². The largest absolute Gasteiger partial charge is 0.313 e. The molecule has 1 aliphatic heterocycles. The van der Waals surface area contributed by atoms with Crippen molar-refractivity contribution in [3.8, 4) is 0 Å². The summed E-state index contributed by atoms with van der Waals surface area (Å²) in [5.74, 6) is 0. The molecule has 4 heteroatoms. The number of benzene rings is 1. The second kappa shape index (κ2) is 6.94. The van der Waals surface area contributed by atoms with Gasteiger partial charge in [-0.25, -0.2) is 0 Å². The molecule has 2 atom stereocenters. The molecular weight excluding hydrogens is 279 g/mol. The molecule has 0 radical (unpaired) electrons. The fourth-order valence-electron chi connectivity index (χ4n) is 2.85. The van der Waals surface area contributed by atoms with Crippen LogP contribution in [0, 0.1) is 0 Å². The van der Waals surface area contributed by atoms with Gasteiger partial charge in [0.25, 0.3) is 0 Å². The molecule has 2 nitrogen and oxygen atoms in total. The smallest absolute Gasteiger partial charge is 0.0468 e. The number of nitrogens with one attached hydrogen (secondary N) is 1. The minimum absolute atomic E-state index is 0.339. The quantitative estimate of drug-likeness (QED) is 0.899. The number of likely N-dealkylation sites (N-methyl/N-ethyl adjacent to an activating group) is 1. The summed E-state index contributed by atoms with van der Waals surface area (Å²) in [6.07, 6.45) is 2.51. The van der Waals surface area contributed by atoms with Gasteiger partial charge in [0.1, 0.15) is 0 Å². The third-order valence-electron chi connectivity index (χ3n) is 3.91. The molecule has 0 aromatic heterocycles. The molecule has 1 fully saturated rings. The Balaban J connectivity index is 2.07. The standard InChI is InChI=1S/C15H22Cl2N2/c1-3-18-13-5-4-8-19(10-13)11(2)14-7-6-12(16)9-15(14)17/h6-7,9,11,13,18H,3-5,8,10H2,1-2H3. The minimum Gasteiger partial charge on any atom is -0.313 e. The zero-order chi connectivity index (χ0) is 13.8. The Bertz CT molecular complexity index is 421. The van der Waals surface area contributed by atoms with Gasteiger partial charge in [-0.15, -0.1) is 0 Å². The molecular formula is C15H22Cl2N2. The van der Waals surface area contributed by atoms with Crippen molar-refractivity contribution in [2.75, 3.05) is 19.6 Å². The second-order valence-electron chi connectivity index (χ2n) is 5.23. The molecule has 2 rings (SSSR count). The number of rotatable bonds is 4. The first-order valence-electron chi connectivity index (χ1n) is 7.04. The van der Waals surface area contributed by atoms with Crippen molar-refractivity contribution in [3.63, 3.8) is 0 Å². The van der Waals surface area contributed by atoms with Crippen LogP contribution in [0.5, 0.6) is 0 Å². The summed E-state index contributed by atoms with van der Waals surface area (Å²) in [5.41, 5.74) is 1.17. The van der Waals surface area contributed by atoms with Crippen LogP contribution in [-0.2, 0) is 0 Å². The molecule has 19 heavy (non-hydrogen) atoms. The summed E-state index contributed by atoms with van der Waals surface area (Å²) in [5, 5.41) is 5.02. The lowest BCUT2D eigenvalue weighted by atomic mass is 10.0. The summed E-state index contributed by atoms with van der Waals surface area (Å²) in [6.45, 7) is 7.66. The van der Waals surface area contributed by atoms with Crippen LogP contribution in [0.25, 0.3) is 0 Å². The van der Waals surface area contributed by atoms with Gasteiger partial charge in [0.2, 0.25) is 0 Å². The summed E-state index contributed by atoms with van der Waals surface area (Å²) in [7, 11) is 0. The summed E-state index contributed by atoms with van der Waals surface area (Å²) >= 11 is 12.3. The van der Waals surface area contributed by atoms with Gasteiger partial charge in [-0.2, -0.15) is 0 Å². The molecule has 106 valence electrons. The van der Waals surface area contributed by atoms with Crippen LogP contribution < -0.4 is 5.32 Å². The maximum Gasteiger partial charge on any atom is 0.0468 e. The average molecular weight is 301 g/mol. The highest BCUT2D eigenvalue weighted by molar-refractivity contribution is 6.35. The zero-order valence-electron chi connectivity index (χ0n) is 11.6. The normalized spacial score (nSPS) is 22.4. The lowest BCUT2D eigenvalue weighted by molar-refractivity contribution is 0.147. The van der Waals surface area contributed by atoms with E-state index in [-0.39, 0.29) is 0 Å². The first kappa shape index (κ1) is 15.1. The molecule has 1 aromatic rings. The fourth-order valence-corrected chi connectivity index (χ4v) is 3.42. The molecule has 0 saturated carbocycles. The predicted molar refractivity (Wildman–Crippen MR) is 83.1 cm³/mol. The van der Waals surface area contributed by atoms with Gasteiger partial charge in [-0.1, -0.05) is 36.2 Å². The molecule has 1 heterocycles. The van der Waals surface area contributed by atoms with Crippen LogP contribution in [0.15, 0.2) is 18.2 Å². The maximum atomic E-state index is 6.31. The molecule has 2 unspecified atom stereocenters. The Morgan fingerprint density at radius 2 is 2.21 bits per heavy atom. The number of likely N-dealkylation sites (tertiary alicyclic amines) is 1. The van der Waals surface area contributed by atoms with Crippen LogP contribution in [-0.4, -0.2) is 30.6 Å². The average Bonchev–Trinajstić information content (AvgIpc) is 2.39. The Kier molecular flexibility index (Phi) is 5.52. The molecule has 0 bridgehead atoms. The maximum absolute atomic E-state index is 6.31. The van der Waals surface area contributed by atoms with Gasteiger partial charge < -0.3 is 5.32 Å². The summed E-state index contributed by atoms with van der Waals surface area (Å²) in [6, 6.07) is 6.75. The second-order valence-corrected chi connectivity index (χ2v) is 6.08. The summed E-state index contributed by atoms with van der Waals surface area (Å²) in [4.78, 5) is 2.51. The van der Waals surface area contributed by atoms with E-state index >= 15 is 0 Å². The van der Waals surface area contributed by atoms with Crippen LogP contribution in [0.1, 0.15) is 38.3 Å². The molecule has 0 aliphatic carbocycles. The Morgan fingerprint density at radius 3 is 2.89 bits per heavy atom. The fraction of sp³-hybridized carbons (Fsp3) is 0.600. The number of hydrogen-bond donors (Lipinski definition) is 1. The van der Waals surface area contributed by atoms with E-state index in [1.54, 1.807) is 0 Å². The zero-order valence-corrected chi connectivity index (χ0v) is 13.1. The first-order chi connectivity index (χ1) is 9.11. The molecule has 1 saturated heterocycles. The third-order valence-corrected chi connectivity index (χ3v) is 4.47. The Hall–Kier alpha value is -0.280. The predicted octanol–water partition coefficient (Wildman–Crippen LogP) is 4.13. The summed E-state index contributed by atoms with van der Waals surface area (Å²) < 4.78 is 0. The number of nitrogens with zero attached hydrogens (tertiary/aromatic N) is 1. The van der Waals surface area contributed by atoms with Crippen molar-refractivity contribution < 1.29 is 0 Å². The van der Waals surface area contributed by atoms with Gasteiger partial charge in [0, 0.05) is 28.7 Å². The van der Waals surface area contributed by atoms with Crippen molar-refractivity contribution in [2.24, 2.45) is 0 Å². The van der Waals surface area contributed by atoms with Crippen LogP contribution >= 0.6 is 23.2 Å². The first-order valence-corrected chi connectivity index (χ1v) is 7.79. The van der Waals surface area contributed by atoms with Crippen LogP contribution in [0.2, 0.25) is 10.0 Å². The molecule has 1 aliphatic rings. The van der Waals surface area contributed by atoms with Crippen molar-refractivity contribution in [2.45, 2.75) is 38.8 Å². The van der Waals surface area contributed by atoms with E-state index in [0.29, 0.717) is 17.1 Å². The van der Waals surface area contributed by atoms with E-state index in [1.807, 2.05) is 18.2 Å². The molecule has 1 N–H and O–H groups in total. The van der Waals surface area contributed by atoms with Gasteiger partial charge in [-0.05, 0) is 50.6 Å². The Morgan fingerprint density at radius 1 is 1.42 bits per heavy atom. The van der Waals surface area contributed by atoms with E-state index in [0.717, 1.165) is 24.7 Å². The highest BCUT2D eigenvalue weighted by atomic mass is 35.5. The van der Waals surface area contributed by atoms with E-state index in [1.165, 1.54) is 18.4 Å². The minimum atomic E-state index is 0.339. The molecule has 0 amide bonds. The lowest BCUT2D eigenvalue weighted by Gasteiger charge is -2.37. The van der Waals surface area contributed by atoms with Gasteiger partial charge >= 0.3 is 0 Å². The highest BCUT2D eigenvalue weighted by Gasteiger charge is 2.24. The van der Waals surface area contributed by atoms with Crippen molar-refractivity contribution in [1.29, 1.82) is 0 Å². The van der Waals surface area contributed by atoms with E-state index in [2.05, 4.69) is 24.1 Å². The van der Waals surface area contributed by atoms with E-state index in [4.69, 9.17) is 23.2 Å². The van der Waals surface area contributed by atoms with E-state index < -0.39 is 0 Å². The molecule has 1 aromatic carbocycles. The number of piperidine rings is 1. The van der Waals surface area contributed by atoms with Crippen molar-refractivity contribution in [1.82, 2.24) is 10.2 Å². The lowest BCUT2D eigenvalue weighted by Crippen LogP contribution is -2.46. The monoisotopic (exact) mass is 300 g/mol. The van der Waals surface area contributed by atoms with Gasteiger partial charge in [-0.3, -0.25) is 4.90 Å². The SMILES string of the molecule is CCNC1CCCN(C(C)c2ccc(Cl)cc2Cl)C1.